The molecule has 0 aromatic carbocycles. The van der Waals surface area contributed by atoms with Gasteiger partial charge >= 0.3 is 0 Å². The molecule has 0 heterocycles. The van der Waals surface area contributed by atoms with E-state index in [0.29, 0.717) is 23.9 Å². The van der Waals surface area contributed by atoms with Crippen molar-refractivity contribution in [1.29, 1.82) is 0 Å². The second-order valence-electron chi connectivity index (χ2n) is 13.2. The summed E-state index contributed by atoms with van der Waals surface area (Å²) in [6, 6.07) is -0.903. The first-order chi connectivity index (χ1) is 23.0. The number of allylic oxidation sites excluding steroid dienone is 11. The molecule has 48 heavy (non-hydrogen) atoms. The van der Waals surface area contributed by atoms with E-state index < -0.39 is 26.6 Å². The standard InChI is InChI=1S/C39H69N2O6P/c1-6-8-10-12-14-15-16-17-18-19-20-21-22-23-24-25-27-29-31-33-39(43)40-37(38(42)32-30-28-26-13-11-9-7-2)36-47-48(44,45)46-35-34-41(3,4)5/h8,10,14-15,17-18,20-21,23-24,30,32,37-38,42H,6-7,9,11-13,16,19,22,25-29,31,33-36H2,1-5H3,(H-,40,43,44,45)/b10-8-,15-14-,18-17-,21-20-,24-23-,32-30+. The maximum atomic E-state index is 12.7. The third-order valence-electron chi connectivity index (χ3n) is 7.42. The molecule has 0 aliphatic heterocycles. The second kappa shape index (κ2) is 31.0. The Hall–Kier alpha value is -2.06. The number of carbonyl (C=O) groups excluding carboxylic acids is 1. The van der Waals surface area contributed by atoms with Crippen LogP contribution in [0.25, 0.3) is 0 Å². The van der Waals surface area contributed by atoms with Crippen molar-refractivity contribution < 1.29 is 32.9 Å². The van der Waals surface area contributed by atoms with Gasteiger partial charge in [0, 0.05) is 6.42 Å². The number of rotatable bonds is 31. The van der Waals surface area contributed by atoms with E-state index in [1.54, 1.807) is 6.08 Å². The van der Waals surface area contributed by atoms with Crippen molar-refractivity contribution in [3.8, 4) is 0 Å². The summed E-state index contributed by atoms with van der Waals surface area (Å²) in [6.45, 7) is 4.39. The van der Waals surface area contributed by atoms with Crippen LogP contribution in [0.3, 0.4) is 0 Å². The van der Waals surface area contributed by atoms with Gasteiger partial charge < -0.3 is 28.8 Å². The van der Waals surface area contributed by atoms with Crippen LogP contribution in [0.1, 0.15) is 117 Å². The number of carbonyl (C=O) groups is 1. The minimum absolute atomic E-state index is 0.0125. The van der Waals surface area contributed by atoms with Crippen LogP contribution < -0.4 is 10.2 Å². The van der Waals surface area contributed by atoms with Crippen LogP contribution >= 0.6 is 7.82 Å². The molecule has 0 bridgehead atoms. The molecule has 2 N–H and O–H groups in total. The summed E-state index contributed by atoms with van der Waals surface area (Å²) in [6.07, 6.45) is 39.6. The normalized spacial score (nSPS) is 15.6. The number of nitrogens with zero attached hydrogens (tertiary/aromatic N) is 1. The van der Waals surface area contributed by atoms with E-state index in [0.717, 1.165) is 70.6 Å². The lowest BCUT2D eigenvalue weighted by molar-refractivity contribution is -0.870. The minimum Gasteiger partial charge on any atom is -0.756 e. The Kier molecular flexibility index (Phi) is 29.6. The fraction of sp³-hybridized carbons (Fsp3) is 0.667. The number of phosphoric ester groups is 1. The van der Waals surface area contributed by atoms with Gasteiger partial charge in [0.25, 0.3) is 7.82 Å². The van der Waals surface area contributed by atoms with Gasteiger partial charge in [-0.25, -0.2) is 0 Å². The van der Waals surface area contributed by atoms with Crippen molar-refractivity contribution in [2.45, 2.75) is 129 Å². The number of nitrogens with one attached hydrogen (secondary N) is 1. The van der Waals surface area contributed by atoms with Crippen molar-refractivity contribution in [2.75, 3.05) is 40.9 Å². The van der Waals surface area contributed by atoms with Gasteiger partial charge in [-0.05, 0) is 64.2 Å². The van der Waals surface area contributed by atoms with Gasteiger partial charge in [0.2, 0.25) is 5.91 Å². The number of unbranched alkanes of at least 4 members (excludes halogenated alkanes) is 8. The minimum atomic E-state index is -4.58. The number of likely N-dealkylation sites (N-methyl/N-ethyl adjacent to an activating group) is 1. The molecule has 8 nitrogen and oxygen atoms in total. The summed E-state index contributed by atoms with van der Waals surface area (Å²) in [4.78, 5) is 25.0. The molecule has 0 aliphatic carbocycles. The molecule has 0 aromatic rings. The number of aliphatic hydroxyl groups is 1. The lowest BCUT2D eigenvalue weighted by atomic mass is 10.1. The fourth-order valence-corrected chi connectivity index (χ4v) is 5.19. The first-order valence-corrected chi connectivity index (χ1v) is 19.8. The van der Waals surface area contributed by atoms with Crippen LogP contribution in [0.5, 0.6) is 0 Å². The van der Waals surface area contributed by atoms with Gasteiger partial charge in [0.15, 0.2) is 0 Å². The summed E-state index contributed by atoms with van der Waals surface area (Å²) in [7, 11) is 1.22. The van der Waals surface area contributed by atoms with Gasteiger partial charge in [0.05, 0.1) is 39.9 Å². The molecule has 0 aliphatic rings. The lowest BCUT2D eigenvalue weighted by Crippen LogP contribution is -2.45. The van der Waals surface area contributed by atoms with Crippen molar-refractivity contribution in [1.82, 2.24) is 5.32 Å². The molecule has 0 saturated heterocycles. The molecule has 0 rings (SSSR count). The van der Waals surface area contributed by atoms with E-state index in [2.05, 4.69) is 79.9 Å². The number of aliphatic hydroxyl groups excluding tert-OH is 1. The molecule has 0 spiro atoms. The maximum absolute atomic E-state index is 12.7. The molecule has 3 unspecified atom stereocenters. The molecular weight excluding hydrogens is 623 g/mol. The summed E-state index contributed by atoms with van der Waals surface area (Å²) >= 11 is 0. The van der Waals surface area contributed by atoms with Crippen LogP contribution in [0.2, 0.25) is 0 Å². The van der Waals surface area contributed by atoms with Crippen LogP contribution in [-0.2, 0) is 18.4 Å². The highest BCUT2D eigenvalue weighted by Gasteiger charge is 2.23. The quantitative estimate of drug-likeness (QED) is 0.0326. The first kappa shape index (κ1) is 45.9. The molecule has 0 saturated carbocycles. The summed E-state index contributed by atoms with van der Waals surface area (Å²) in [5, 5.41) is 13.6. The van der Waals surface area contributed by atoms with Crippen LogP contribution in [-0.4, -0.2) is 68.5 Å². The topological polar surface area (TPSA) is 108 Å². The average molecular weight is 693 g/mol. The Bertz CT molecular complexity index is 1010. The number of hydrogen-bond donors (Lipinski definition) is 2. The van der Waals surface area contributed by atoms with Gasteiger partial charge in [-0.3, -0.25) is 9.36 Å². The van der Waals surface area contributed by atoms with E-state index in [1.807, 2.05) is 27.2 Å². The highest BCUT2D eigenvalue weighted by atomic mass is 31.2. The molecular formula is C39H69N2O6P. The van der Waals surface area contributed by atoms with Crippen molar-refractivity contribution >= 4 is 13.7 Å². The third kappa shape index (κ3) is 32.5. The monoisotopic (exact) mass is 692 g/mol. The highest BCUT2D eigenvalue weighted by molar-refractivity contribution is 7.45. The van der Waals surface area contributed by atoms with Gasteiger partial charge in [-0.2, -0.15) is 0 Å². The predicted octanol–water partition coefficient (Wildman–Crippen LogP) is 8.66. The van der Waals surface area contributed by atoms with Crippen LogP contribution in [0, 0.1) is 0 Å². The zero-order chi connectivity index (χ0) is 35.8. The molecule has 0 radical (unpaired) electrons. The molecule has 1 amide bonds. The van der Waals surface area contributed by atoms with E-state index in [4.69, 9.17) is 9.05 Å². The Labute approximate surface area is 294 Å². The molecule has 0 fully saturated rings. The number of phosphoric acid groups is 1. The van der Waals surface area contributed by atoms with E-state index in [-0.39, 0.29) is 12.5 Å². The summed E-state index contributed by atoms with van der Waals surface area (Å²) in [5.74, 6) is -0.239. The fourth-order valence-electron chi connectivity index (χ4n) is 4.47. The SMILES string of the molecule is CC/C=C\C/C=C\C/C=C\C/C=C\C/C=C\CCCCCC(=O)NC(COP(=O)([O-])OCC[N+](C)(C)C)C(O)/C=C/CCCCCCC. The van der Waals surface area contributed by atoms with E-state index in [9.17, 15) is 19.4 Å². The highest BCUT2D eigenvalue weighted by Crippen LogP contribution is 2.38. The smallest absolute Gasteiger partial charge is 0.268 e. The average Bonchev–Trinajstić information content (AvgIpc) is 3.02. The van der Waals surface area contributed by atoms with Crippen molar-refractivity contribution in [3.63, 3.8) is 0 Å². The zero-order valence-electron chi connectivity index (χ0n) is 30.9. The summed E-state index contributed by atoms with van der Waals surface area (Å²) < 4.78 is 22.9. The molecule has 276 valence electrons. The number of quaternary nitrogens is 1. The first-order valence-electron chi connectivity index (χ1n) is 18.3. The molecule has 3 atom stereocenters. The zero-order valence-corrected chi connectivity index (χ0v) is 31.8. The Morgan fingerprint density at radius 2 is 1.27 bits per heavy atom. The lowest BCUT2D eigenvalue weighted by Gasteiger charge is -2.29. The largest absolute Gasteiger partial charge is 0.756 e. The van der Waals surface area contributed by atoms with E-state index >= 15 is 0 Å². The van der Waals surface area contributed by atoms with Crippen LogP contribution in [0.15, 0.2) is 72.9 Å². The maximum Gasteiger partial charge on any atom is 0.268 e. The Morgan fingerprint density at radius 1 is 0.750 bits per heavy atom. The van der Waals surface area contributed by atoms with Gasteiger partial charge in [-0.15, -0.1) is 0 Å². The predicted molar refractivity (Wildman–Crippen MR) is 200 cm³/mol. The van der Waals surface area contributed by atoms with Crippen molar-refractivity contribution in [3.05, 3.63) is 72.9 Å². The third-order valence-corrected chi connectivity index (χ3v) is 8.39. The molecule has 0 aromatic heterocycles. The second-order valence-corrected chi connectivity index (χ2v) is 14.6. The van der Waals surface area contributed by atoms with Crippen molar-refractivity contribution in [2.24, 2.45) is 0 Å². The van der Waals surface area contributed by atoms with Crippen LogP contribution in [0.4, 0.5) is 0 Å². The van der Waals surface area contributed by atoms with E-state index in [1.165, 1.54) is 19.3 Å². The van der Waals surface area contributed by atoms with Gasteiger partial charge in [0.1, 0.15) is 13.2 Å². The number of hydrogen-bond acceptors (Lipinski definition) is 6. The number of amides is 1. The van der Waals surface area contributed by atoms with Gasteiger partial charge in [-0.1, -0.05) is 119 Å². The summed E-state index contributed by atoms with van der Waals surface area (Å²) in [5.41, 5.74) is 0. The molecule has 9 heteroatoms. The Balaban J connectivity index is 4.49. The Morgan fingerprint density at radius 3 is 1.83 bits per heavy atom.